The molecular weight excluding hydrogens is 420 g/mol. The number of nitrogens with one attached hydrogen (secondary N) is 1. The van der Waals surface area contributed by atoms with E-state index in [1.54, 1.807) is 43.5 Å². The number of amides is 1. The van der Waals surface area contributed by atoms with Crippen LogP contribution >= 0.6 is 0 Å². The molecule has 168 valence electrons. The lowest BCUT2D eigenvalue weighted by Crippen LogP contribution is -2.29. The van der Waals surface area contributed by atoms with Crippen molar-refractivity contribution in [2.24, 2.45) is 0 Å². The number of methoxy groups -OCH3 is 3. The van der Waals surface area contributed by atoms with Crippen LogP contribution in [0.5, 0.6) is 17.2 Å². The van der Waals surface area contributed by atoms with Gasteiger partial charge in [0.25, 0.3) is 5.91 Å². The van der Waals surface area contributed by atoms with E-state index in [4.69, 9.17) is 14.2 Å². The van der Waals surface area contributed by atoms with Crippen LogP contribution in [0.25, 0.3) is 0 Å². The smallest absolute Gasteiger partial charge is 0.251 e. The van der Waals surface area contributed by atoms with E-state index in [1.807, 2.05) is 0 Å². The number of ether oxygens (including phenoxy) is 3. The van der Waals surface area contributed by atoms with Gasteiger partial charge in [-0.15, -0.1) is 0 Å². The molecule has 3 rings (SSSR count). The maximum absolute atomic E-state index is 12.6. The first-order valence-corrected chi connectivity index (χ1v) is 11.6. The van der Waals surface area contributed by atoms with Crippen molar-refractivity contribution in [2.75, 3.05) is 34.4 Å². The molecule has 0 radical (unpaired) electrons. The van der Waals surface area contributed by atoms with E-state index in [1.165, 1.54) is 18.5 Å². The second-order valence-electron chi connectivity index (χ2n) is 7.24. The highest BCUT2D eigenvalue weighted by Crippen LogP contribution is 2.39. The topological polar surface area (TPSA) is 94.2 Å². The zero-order valence-electron chi connectivity index (χ0n) is 18.0. The SMILES string of the molecule is COc1ccc(CNC(=O)c2ccc(CS(=O)(=O)N3CCCC3)cc2)c(OC)c1OC. The summed E-state index contributed by atoms with van der Waals surface area (Å²) < 4.78 is 42.5. The fourth-order valence-electron chi connectivity index (χ4n) is 3.60. The minimum absolute atomic E-state index is 0.0578. The summed E-state index contributed by atoms with van der Waals surface area (Å²) >= 11 is 0. The Morgan fingerprint density at radius 3 is 2.16 bits per heavy atom. The number of carbonyl (C=O) groups is 1. The van der Waals surface area contributed by atoms with Gasteiger partial charge in [0.05, 0.1) is 27.1 Å². The number of hydrogen-bond acceptors (Lipinski definition) is 6. The van der Waals surface area contributed by atoms with Crippen LogP contribution in [0.2, 0.25) is 0 Å². The van der Waals surface area contributed by atoms with Gasteiger partial charge in [-0.05, 0) is 42.7 Å². The average Bonchev–Trinajstić information content (AvgIpc) is 3.33. The van der Waals surface area contributed by atoms with Crippen LogP contribution in [0.15, 0.2) is 36.4 Å². The molecule has 1 N–H and O–H groups in total. The van der Waals surface area contributed by atoms with Crippen LogP contribution in [0, 0.1) is 0 Å². The van der Waals surface area contributed by atoms with Gasteiger partial charge in [-0.3, -0.25) is 4.79 Å². The molecule has 0 aliphatic carbocycles. The molecule has 2 aromatic rings. The van der Waals surface area contributed by atoms with Crippen LogP contribution in [0.3, 0.4) is 0 Å². The number of nitrogens with zero attached hydrogens (tertiary/aromatic N) is 1. The zero-order valence-corrected chi connectivity index (χ0v) is 18.8. The van der Waals surface area contributed by atoms with Crippen molar-refractivity contribution < 1.29 is 27.4 Å². The van der Waals surface area contributed by atoms with Gasteiger partial charge in [-0.1, -0.05) is 12.1 Å². The normalized spacial score (nSPS) is 14.3. The summed E-state index contributed by atoms with van der Waals surface area (Å²) in [6, 6.07) is 10.2. The van der Waals surface area contributed by atoms with Crippen LogP contribution in [-0.2, 0) is 22.3 Å². The molecule has 0 bridgehead atoms. The Bertz CT molecular complexity index is 1020. The maximum atomic E-state index is 12.6. The van der Waals surface area contributed by atoms with Gasteiger partial charge < -0.3 is 19.5 Å². The van der Waals surface area contributed by atoms with Gasteiger partial charge in [0.2, 0.25) is 15.8 Å². The minimum Gasteiger partial charge on any atom is -0.493 e. The van der Waals surface area contributed by atoms with Gasteiger partial charge >= 0.3 is 0 Å². The van der Waals surface area contributed by atoms with Crippen molar-refractivity contribution >= 4 is 15.9 Å². The van der Waals surface area contributed by atoms with Gasteiger partial charge in [0, 0.05) is 30.8 Å². The van der Waals surface area contributed by atoms with Crippen molar-refractivity contribution in [1.29, 1.82) is 0 Å². The van der Waals surface area contributed by atoms with Gasteiger partial charge in [-0.2, -0.15) is 0 Å². The van der Waals surface area contributed by atoms with E-state index >= 15 is 0 Å². The van der Waals surface area contributed by atoms with E-state index in [2.05, 4.69) is 5.32 Å². The summed E-state index contributed by atoms with van der Waals surface area (Å²) in [6.07, 6.45) is 1.81. The van der Waals surface area contributed by atoms with Gasteiger partial charge in [-0.25, -0.2) is 12.7 Å². The quantitative estimate of drug-likeness (QED) is 0.634. The van der Waals surface area contributed by atoms with E-state index in [0.29, 0.717) is 41.5 Å². The molecule has 0 aromatic heterocycles. The third kappa shape index (κ3) is 5.29. The molecular formula is C22H28N2O6S. The van der Waals surface area contributed by atoms with Crippen molar-refractivity contribution in [1.82, 2.24) is 9.62 Å². The maximum Gasteiger partial charge on any atom is 0.251 e. The Morgan fingerprint density at radius 2 is 1.58 bits per heavy atom. The van der Waals surface area contributed by atoms with Crippen LogP contribution < -0.4 is 19.5 Å². The minimum atomic E-state index is -3.32. The summed E-state index contributed by atoms with van der Waals surface area (Å²) in [5.41, 5.74) is 1.84. The van der Waals surface area contributed by atoms with Crippen LogP contribution in [0.1, 0.15) is 34.3 Å². The summed E-state index contributed by atoms with van der Waals surface area (Å²) in [6.45, 7) is 1.40. The largest absolute Gasteiger partial charge is 0.493 e. The lowest BCUT2D eigenvalue weighted by atomic mass is 10.1. The van der Waals surface area contributed by atoms with E-state index in [-0.39, 0.29) is 18.2 Å². The Morgan fingerprint density at radius 1 is 0.935 bits per heavy atom. The third-order valence-electron chi connectivity index (χ3n) is 5.25. The first-order valence-electron chi connectivity index (χ1n) is 10.0. The molecule has 31 heavy (non-hydrogen) atoms. The predicted octanol–water partition coefficient (Wildman–Crippen LogP) is 2.57. The zero-order chi connectivity index (χ0) is 22.4. The number of hydrogen-bond donors (Lipinski definition) is 1. The highest BCUT2D eigenvalue weighted by molar-refractivity contribution is 7.88. The molecule has 1 amide bonds. The average molecular weight is 449 g/mol. The molecule has 2 aromatic carbocycles. The summed E-state index contributed by atoms with van der Waals surface area (Å²) in [7, 11) is 1.27. The van der Waals surface area contributed by atoms with Crippen LogP contribution in [-0.4, -0.2) is 53.0 Å². The van der Waals surface area contributed by atoms with Crippen molar-refractivity contribution in [3.63, 3.8) is 0 Å². The molecule has 0 spiro atoms. The first-order chi connectivity index (χ1) is 14.9. The second kappa shape index (κ2) is 10.0. The number of rotatable bonds is 9. The Kier molecular flexibility index (Phi) is 7.40. The molecule has 1 saturated heterocycles. The van der Waals surface area contributed by atoms with Crippen LogP contribution in [0.4, 0.5) is 0 Å². The molecule has 0 atom stereocenters. The molecule has 1 heterocycles. The fraction of sp³-hybridized carbons (Fsp3) is 0.409. The number of sulfonamides is 1. The lowest BCUT2D eigenvalue weighted by Gasteiger charge is -2.16. The van der Waals surface area contributed by atoms with Crippen molar-refractivity contribution in [3.8, 4) is 17.2 Å². The highest BCUT2D eigenvalue weighted by Gasteiger charge is 2.25. The van der Waals surface area contributed by atoms with E-state index in [0.717, 1.165) is 18.4 Å². The van der Waals surface area contributed by atoms with E-state index < -0.39 is 10.0 Å². The molecule has 0 saturated carbocycles. The molecule has 9 heteroatoms. The molecule has 1 aliphatic rings. The second-order valence-corrected chi connectivity index (χ2v) is 9.20. The standard InChI is InChI=1S/C22H28N2O6S/c1-28-19-11-10-18(20(29-2)21(19)30-3)14-23-22(25)17-8-6-16(7-9-17)15-31(26,27)24-12-4-5-13-24/h6-11H,4-5,12-15H2,1-3H3,(H,23,25). The Labute approximate surface area is 183 Å². The fourth-order valence-corrected chi connectivity index (χ4v) is 5.21. The monoisotopic (exact) mass is 448 g/mol. The summed E-state index contributed by atoms with van der Waals surface area (Å²) in [5.74, 6) is 1.15. The molecule has 0 unspecified atom stereocenters. The lowest BCUT2D eigenvalue weighted by molar-refractivity contribution is 0.0950. The first kappa shape index (κ1) is 22.9. The van der Waals surface area contributed by atoms with Crippen molar-refractivity contribution in [3.05, 3.63) is 53.1 Å². The Balaban J connectivity index is 1.65. The summed E-state index contributed by atoms with van der Waals surface area (Å²) in [5, 5.41) is 2.85. The molecule has 1 aliphatic heterocycles. The van der Waals surface area contributed by atoms with Crippen molar-refractivity contribution in [2.45, 2.75) is 25.1 Å². The molecule has 8 nitrogen and oxygen atoms in total. The number of carbonyl (C=O) groups excluding carboxylic acids is 1. The highest BCUT2D eigenvalue weighted by atomic mass is 32.2. The van der Waals surface area contributed by atoms with Gasteiger partial charge in [0.1, 0.15) is 0 Å². The molecule has 1 fully saturated rings. The Hall–Kier alpha value is -2.78. The third-order valence-corrected chi connectivity index (χ3v) is 7.10. The predicted molar refractivity (Wildman–Crippen MR) is 117 cm³/mol. The number of benzene rings is 2. The van der Waals surface area contributed by atoms with E-state index in [9.17, 15) is 13.2 Å². The van der Waals surface area contributed by atoms with Gasteiger partial charge in [0.15, 0.2) is 11.5 Å². The summed E-state index contributed by atoms with van der Waals surface area (Å²) in [4.78, 5) is 12.6.